The van der Waals surface area contributed by atoms with E-state index in [9.17, 15) is 0 Å². The maximum atomic E-state index is 2.33. The number of benzene rings is 1. The minimum Gasteiger partial charge on any atom is -0.162 e. The first kappa shape index (κ1) is 17.7. The summed E-state index contributed by atoms with van der Waals surface area (Å²) in [5, 5.41) is 0. The Morgan fingerprint density at radius 2 is 1.30 bits per heavy atom. The highest BCUT2D eigenvalue weighted by molar-refractivity contribution is 5.29. The van der Waals surface area contributed by atoms with Crippen LogP contribution in [0.2, 0.25) is 0 Å². The summed E-state index contributed by atoms with van der Waals surface area (Å²) >= 11 is 0. The molecule has 1 nitrogen and oxygen atoms in total. The van der Waals surface area contributed by atoms with Gasteiger partial charge in [-0.3, -0.25) is 0 Å². The molecule has 0 spiro atoms. The third-order valence-corrected chi connectivity index (χ3v) is 4.59. The third kappa shape index (κ3) is 5.20. The van der Waals surface area contributed by atoms with Crippen molar-refractivity contribution in [2.75, 3.05) is 0 Å². The maximum Gasteiger partial charge on any atom is 0.211 e. The average Bonchev–Trinajstić information content (AvgIpc) is 2.51. The Morgan fingerprint density at radius 3 is 1.91 bits per heavy atom. The number of aryl methyl sites for hydroxylation is 4. The standard InChI is InChI=1S/C22H32N/c1-5-6-7-8-9-10-11-21-12-14-22(15-13-21)23-19(3)16-18(2)17-20(23)4/h12-17H,5-11H2,1-4H3/q+1. The van der Waals surface area contributed by atoms with Gasteiger partial charge in [0.05, 0.1) is 0 Å². The Bertz CT molecular complexity index is 587. The van der Waals surface area contributed by atoms with E-state index in [0.29, 0.717) is 0 Å². The summed E-state index contributed by atoms with van der Waals surface area (Å²) in [6.45, 7) is 8.80. The van der Waals surface area contributed by atoms with Crippen LogP contribution in [0.15, 0.2) is 36.4 Å². The van der Waals surface area contributed by atoms with E-state index < -0.39 is 0 Å². The number of rotatable bonds is 8. The third-order valence-electron chi connectivity index (χ3n) is 4.59. The lowest BCUT2D eigenvalue weighted by molar-refractivity contribution is -0.609. The monoisotopic (exact) mass is 310 g/mol. The fourth-order valence-corrected chi connectivity index (χ4v) is 3.44. The highest BCUT2D eigenvalue weighted by Crippen LogP contribution is 2.13. The van der Waals surface area contributed by atoms with Crippen molar-refractivity contribution in [3.05, 3.63) is 58.9 Å². The molecule has 0 saturated heterocycles. The highest BCUT2D eigenvalue weighted by Gasteiger charge is 2.14. The van der Waals surface area contributed by atoms with E-state index in [2.05, 4.69) is 68.7 Å². The van der Waals surface area contributed by atoms with Crippen LogP contribution in [0, 0.1) is 20.8 Å². The van der Waals surface area contributed by atoms with E-state index in [-0.39, 0.29) is 0 Å². The summed E-state index contributed by atoms with van der Waals surface area (Å²) in [7, 11) is 0. The molecule has 0 saturated carbocycles. The molecule has 0 aliphatic rings. The van der Waals surface area contributed by atoms with E-state index in [1.54, 1.807) is 0 Å². The smallest absolute Gasteiger partial charge is 0.162 e. The van der Waals surface area contributed by atoms with Crippen molar-refractivity contribution >= 4 is 0 Å². The molecule has 2 aromatic rings. The fourth-order valence-electron chi connectivity index (χ4n) is 3.44. The molecular weight excluding hydrogens is 278 g/mol. The summed E-state index contributed by atoms with van der Waals surface area (Å²) in [5.74, 6) is 0. The second-order valence-corrected chi connectivity index (χ2v) is 6.84. The lowest BCUT2D eigenvalue weighted by Crippen LogP contribution is -2.37. The SMILES string of the molecule is CCCCCCCCc1ccc(-[n+]2c(C)cc(C)cc2C)cc1. The first-order valence-corrected chi connectivity index (χ1v) is 9.21. The zero-order valence-electron chi connectivity index (χ0n) is 15.4. The molecule has 1 aromatic carbocycles. The van der Waals surface area contributed by atoms with Crippen molar-refractivity contribution in [1.29, 1.82) is 0 Å². The molecule has 0 unspecified atom stereocenters. The lowest BCUT2D eigenvalue weighted by Gasteiger charge is -2.06. The Morgan fingerprint density at radius 1 is 0.739 bits per heavy atom. The van der Waals surface area contributed by atoms with Gasteiger partial charge in [0.1, 0.15) is 0 Å². The molecule has 2 rings (SSSR count). The van der Waals surface area contributed by atoms with Gasteiger partial charge in [-0.1, -0.05) is 51.2 Å². The van der Waals surface area contributed by atoms with Crippen molar-refractivity contribution in [3.63, 3.8) is 0 Å². The topological polar surface area (TPSA) is 3.88 Å². The zero-order valence-corrected chi connectivity index (χ0v) is 15.4. The van der Waals surface area contributed by atoms with Gasteiger partial charge in [0.2, 0.25) is 5.69 Å². The first-order chi connectivity index (χ1) is 11.1. The summed E-state index contributed by atoms with van der Waals surface area (Å²) < 4.78 is 2.33. The van der Waals surface area contributed by atoms with Crippen LogP contribution in [-0.2, 0) is 6.42 Å². The van der Waals surface area contributed by atoms with Crippen LogP contribution in [0.4, 0.5) is 0 Å². The Hall–Kier alpha value is -1.63. The van der Waals surface area contributed by atoms with Gasteiger partial charge in [-0.2, -0.15) is 4.57 Å². The van der Waals surface area contributed by atoms with Gasteiger partial charge in [0.25, 0.3) is 0 Å². The first-order valence-electron chi connectivity index (χ1n) is 9.21. The average molecular weight is 311 g/mol. The van der Waals surface area contributed by atoms with Gasteiger partial charge >= 0.3 is 0 Å². The predicted octanol–water partition coefficient (Wildman–Crippen LogP) is 5.79. The Kier molecular flexibility index (Phi) is 6.83. The Labute approximate surface area is 142 Å². The molecule has 1 aromatic heterocycles. The van der Waals surface area contributed by atoms with Crippen molar-refractivity contribution in [3.8, 4) is 5.69 Å². The maximum absolute atomic E-state index is 2.33. The second-order valence-electron chi connectivity index (χ2n) is 6.84. The molecule has 0 radical (unpaired) electrons. The van der Waals surface area contributed by atoms with E-state index in [4.69, 9.17) is 0 Å². The van der Waals surface area contributed by atoms with E-state index in [1.807, 2.05) is 0 Å². The molecular formula is C22H32N+. The summed E-state index contributed by atoms with van der Waals surface area (Å²) in [5.41, 5.74) is 6.66. The van der Waals surface area contributed by atoms with Crippen LogP contribution in [-0.4, -0.2) is 0 Å². The number of unbranched alkanes of at least 4 members (excludes halogenated alkanes) is 5. The molecule has 0 atom stereocenters. The molecule has 1 heterocycles. The predicted molar refractivity (Wildman–Crippen MR) is 99.3 cm³/mol. The van der Waals surface area contributed by atoms with Gasteiger partial charge in [-0.05, 0) is 30.9 Å². The quantitative estimate of drug-likeness (QED) is 0.429. The minimum absolute atomic E-state index is 1.21. The fraction of sp³-hybridized carbons (Fsp3) is 0.500. The van der Waals surface area contributed by atoms with E-state index in [1.165, 1.54) is 73.1 Å². The van der Waals surface area contributed by atoms with Crippen molar-refractivity contribution < 1.29 is 4.57 Å². The number of hydrogen-bond acceptors (Lipinski definition) is 0. The van der Waals surface area contributed by atoms with Crippen LogP contribution in [0.25, 0.3) is 5.69 Å². The van der Waals surface area contributed by atoms with Gasteiger partial charge in [0, 0.05) is 38.1 Å². The molecule has 23 heavy (non-hydrogen) atoms. The van der Waals surface area contributed by atoms with E-state index in [0.717, 1.165) is 0 Å². The van der Waals surface area contributed by atoms with Crippen molar-refractivity contribution in [2.24, 2.45) is 0 Å². The summed E-state index contributed by atoms with van der Waals surface area (Å²) in [4.78, 5) is 0. The van der Waals surface area contributed by atoms with Crippen LogP contribution < -0.4 is 4.57 Å². The van der Waals surface area contributed by atoms with Crippen LogP contribution >= 0.6 is 0 Å². The molecule has 124 valence electrons. The summed E-state index contributed by atoms with van der Waals surface area (Å²) in [6, 6.07) is 13.6. The molecule has 0 aliphatic heterocycles. The normalized spacial score (nSPS) is 11.0. The molecule has 0 N–H and O–H groups in total. The number of nitrogens with zero attached hydrogens (tertiary/aromatic N) is 1. The van der Waals surface area contributed by atoms with Gasteiger partial charge < -0.3 is 0 Å². The largest absolute Gasteiger partial charge is 0.211 e. The number of pyridine rings is 1. The van der Waals surface area contributed by atoms with Gasteiger partial charge in [-0.25, -0.2) is 0 Å². The van der Waals surface area contributed by atoms with Crippen molar-refractivity contribution in [2.45, 2.75) is 72.6 Å². The highest BCUT2D eigenvalue weighted by atomic mass is 15.0. The number of hydrogen-bond donors (Lipinski definition) is 0. The molecule has 0 fully saturated rings. The zero-order chi connectivity index (χ0) is 16.7. The molecule has 0 bridgehead atoms. The van der Waals surface area contributed by atoms with Crippen molar-refractivity contribution in [1.82, 2.24) is 0 Å². The van der Waals surface area contributed by atoms with Gasteiger partial charge in [0.15, 0.2) is 11.4 Å². The van der Waals surface area contributed by atoms with Crippen LogP contribution in [0.1, 0.15) is 68.0 Å². The molecule has 0 aliphatic carbocycles. The Balaban J connectivity index is 1.95. The van der Waals surface area contributed by atoms with Crippen LogP contribution in [0.5, 0.6) is 0 Å². The van der Waals surface area contributed by atoms with Crippen LogP contribution in [0.3, 0.4) is 0 Å². The minimum atomic E-state index is 1.21. The summed E-state index contributed by atoms with van der Waals surface area (Å²) in [6.07, 6.45) is 9.41. The lowest BCUT2D eigenvalue weighted by atomic mass is 10.0. The van der Waals surface area contributed by atoms with Gasteiger partial charge in [-0.15, -0.1) is 0 Å². The number of aromatic nitrogens is 1. The second kappa shape index (κ2) is 8.86. The molecule has 0 amide bonds. The molecule has 1 heteroatoms. The van der Waals surface area contributed by atoms with E-state index >= 15 is 0 Å².